The second-order valence-electron chi connectivity index (χ2n) is 3.62. The molecule has 2 heterocycles. The number of aryl methyl sites for hydroxylation is 1. The van der Waals surface area contributed by atoms with Crippen molar-refractivity contribution in [2.24, 2.45) is 0 Å². The Balaban J connectivity index is 2.31. The van der Waals surface area contributed by atoms with Crippen LogP contribution in [0.2, 0.25) is 0 Å². The Kier molecular flexibility index (Phi) is 3.72. The highest BCUT2D eigenvalue weighted by Crippen LogP contribution is 2.11. The summed E-state index contributed by atoms with van der Waals surface area (Å²) in [4.78, 5) is 8.77. The van der Waals surface area contributed by atoms with Crippen LogP contribution in [0.15, 0.2) is 30.7 Å². The van der Waals surface area contributed by atoms with Crippen LogP contribution >= 0.6 is 15.9 Å². The second kappa shape index (κ2) is 5.25. The van der Waals surface area contributed by atoms with E-state index in [4.69, 9.17) is 0 Å². The van der Waals surface area contributed by atoms with Crippen LogP contribution in [0.3, 0.4) is 0 Å². The first-order valence-electron chi connectivity index (χ1n) is 5.38. The molecule has 0 aromatic carbocycles. The number of imidazole rings is 1. The van der Waals surface area contributed by atoms with E-state index in [-0.39, 0.29) is 0 Å². The quantitative estimate of drug-likeness (QED) is 0.806. The van der Waals surface area contributed by atoms with Crippen molar-refractivity contribution in [3.05, 3.63) is 42.1 Å². The predicted molar refractivity (Wildman–Crippen MR) is 68.0 cm³/mol. The SMILES string of the molecule is CCCc1nccn1-c1ccc(CBr)cn1. The van der Waals surface area contributed by atoms with Crippen LogP contribution in [0, 0.1) is 0 Å². The van der Waals surface area contributed by atoms with Gasteiger partial charge in [-0.3, -0.25) is 4.57 Å². The highest BCUT2D eigenvalue weighted by Gasteiger charge is 2.04. The highest BCUT2D eigenvalue weighted by atomic mass is 79.9. The van der Waals surface area contributed by atoms with Gasteiger partial charge in [0.15, 0.2) is 0 Å². The zero-order valence-electron chi connectivity index (χ0n) is 9.23. The molecular weight excluding hydrogens is 266 g/mol. The van der Waals surface area contributed by atoms with Crippen LogP contribution in [0.4, 0.5) is 0 Å². The zero-order valence-corrected chi connectivity index (χ0v) is 10.8. The number of hydrogen-bond donors (Lipinski definition) is 0. The number of alkyl halides is 1. The third-order valence-electron chi connectivity index (χ3n) is 2.40. The van der Waals surface area contributed by atoms with Gasteiger partial charge in [0.1, 0.15) is 11.6 Å². The van der Waals surface area contributed by atoms with Crippen molar-refractivity contribution < 1.29 is 0 Å². The van der Waals surface area contributed by atoms with E-state index in [1.807, 2.05) is 29.2 Å². The summed E-state index contributed by atoms with van der Waals surface area (Å²) in [6, 6.07) is 4.10. The van der Waals surface area contributed by atoms with Crippen molar-refractivity contribution in [1.29, 1.82) is 0 Å². The van der Waals surface area contributed by atoms with Gasteiger partial charge < -0.3 is 0 Å². The van der Waals surface area contributed by atoms with Crippen LogP contribution in [0.25, 0.3) is 5.82 Å². The zero-order chi connectivity index (χ0) is 11.4. The molecule has 4 heteroatoms. The summed E-state index contributed by atoms with van der Waals surface area (Å²) in [5, 5.41) is 0.839. The van der Waals surface area contributed by atoms with Crippen molar-refractivity contribution in [3.8, 4) is 5.82 Å². The van der Waals surface area contributed by atoms with Gasteiger partial charge in [-0.1, -0.05) is 28.9 Å². The van der Waals surface area contributed by atoms with Gasteiger partial charge in [0.05, 0.1) is 0 Å². The molecule has 0 spiro atoms. The monoisotopic (exact) mass is 279 g/mol. The van der Waals surface area contributed by atoms with Crippen molar-refractivity contribution in [3.63, 3.8) is 0 Å². The molecule has 84 valence electrons. The molecule has 0 aliphatic heterocycles. The van der Waals surface area contributed by atoms with Crippen molar-refractivity contribution in [2.75, 3.05) is 0 Å². The smallest absolute Gasteiger partial charge is 0.137 e. The predicted octanol–water partition coefficient (Wildman–Crippen LogP) is 3.11. The summed E-state index contributed by atoms with van der Waals surface area (Å²) in [6.45, 7) is 2.15. The first-order valence-corrected chi connectivity index (χ1v) is 6.50. The highest BCUT2D eigenvalue weighted by molar-refractivity contribution is 9.08. The Hall–Kier alpha value is -1.16. The molecule has 0 saturated heterocycles. The maximum absolute atomic E-state index is 4.43. The summed E-state index contributed by atoms with van der Waals surface area (Å²) in [5.74, 6) is 2.01. The third-order valence-corrected chi connectivity index (χ3v) is 3.05. The topological polar surface area (TPSA) is 30.7 Å². The third kappa shape index (κ3) is 2.32. The Bertz CT molecular complexity index is 448. The molecule has 0 unspecified atom stereocenters. The molecule has 0 atom stereocenters. The Labute approximate surface area is 104 Å². The lowest BCUT2D eigenvalue weighted by molar-refractivity contribution is 0.798. The standard InChI is InChI=1S/C12H14BrN3/c1-2-3-11-14-6-7-16(11)12-5-4-10(8-13)9-15-12/h4-7,9H,2-3,8H2,1H3. The largest absolute Gasteiger partial charge is 0.288 e. The summed E-state index contributed by atoms with van der Waals surface area (Å²) in [6.07, 6.45) is 7.75. The molecule has 2 aromatic rings. The molecule has 0 aliphatic carbocycles. The molecule has 0 saturated carbocycles. The van der Waals surface area contributed by atoms with Gasteiger partial charge in [0, 0.05) is 30.3 Å². The minimum Gasteiger partial charge on any atom is -0.288 e. The van der Waals surface area contributed by atoms with Crippen LogP contribution in [-0.4, -0.2) is 14.5 Å². The number of nitrogens with zero attached hydrogens (tertiary/aromatic N) is 3. The minimum atomic E-state index is 0.839. The average Bonchev–Trinajstić information content (AvgIpc) is 2.78. The number of aromatic nitrogens is 3. The van der Waals surface area contributed by atoms with Gasteiger partial charge in [-0.15, -0.1) is 0 Å². The van der Waals surface area contributed by atoms with E-state index in [0.717, 1.165) is 29.8 Å². The average molecular weight is 280 g/mol. The fourth-order valence-corrected chi connectivity index (χ4v) is 1.92. The number of halogens is 1. The molecule has 0 amide bonds. The lowest BCUT2D eigenvalue weighted by Gasteiger charge is -2.06. The number of rotatable bonds is 4. The lowest BCUT2D eigenvalue weighted by Crippen LogP contribution is -2.02. The van der Waals surface area contributed by atoms with Crippen LogP contribution < -0.4 is 0 Å². The first-order chi connectivity index (χ1) is 7.85. The van der Waals surface area contributed by atoms with Crippen molar-refractivity contribution in [1.82, 2.24) is 14.5 Å². The molecule has 0 aliphatic rings. The molecule has 0 radical (unpaired) electrons. The normalized spacial score (nSPS) is 10.6. The summed E-state index contributed by atoms with van der Waals surface area (Å²) in [5.41, 5.74) is 1.18. The molecule has 2 aromatic heterocycles. The van der Waals surface area contributed by atoms with Gasteiger partial charge >= 0.3 is 0 Å². The molecule has 2 rings (SSSR count). The maximum Gasteiger partial charge on any atom is 0.137 e. The molecule has 0 fully saturated rings. The Morgan fingerprint density at radius 2 is 2.19 bits per heavy atom. The summed E-state index contributed by atoms with van der Waals surface area (Å²) >= 11 is 3.41. The molecule has 0 bridgehead atoms. The van der Waals surface area contributed by atoms with Gasteiger partial charge in [0.25, 0.3) is 0 Å². The van der Waals surface area contributed by atoms with E-state index in [1.54, 1.807) is 0 Å². The van der Waals surface area contributed by atoms with E-state index in [2.05, 4.69) is 38.9 Å². The molecule has 0 N–H and O–H groups in total. The lowest BCUT2D eigenvalue weighted by atomic mass is 10.3. The van der Waals surface area contributed by atoms with Crippen LogP contribution in [-0.2, 0) is 11.8 Å². The van der Waals surface area contributed by atoms with E-state index in [1.165, 1.54) is 5.56 Å². The fraction of sp³-hybridized carbons (Fsp3) is 0.333. The number of hydrogen-bond acceptors (Lipinski definition) is 2. The first kappa shape index (κ1) is 11.3. The van der Waals surface area contributed by atoms with Gasteiger partial charge in [-0.25, -0.2) is 9.97 Å². The van der Waals surface area contributed by atoms with Gasteiger partial charge in [0.2, 0.25) is 0 Å². The van der Waals surface area contributed by atoms with E-state index < -0.39 is 0 Å². The van der Waals surface area contributed by atoms with Crippen LogP contribution in [0.1, 0.15) is 24.7 Å². The minimum absolute atomic E-state index is 0.839. The van der Waals surface area contributed by atoms with E-state index in [0.29, 0.717) is 0 Å². The van der Waals surface area contributed by atoms with Crippen molar-refractivity contribution >= 4 is 15.9 Å². The van der Waals surface area contributed by atoms with E-state index >= 15 is 0 Å². The molecular formula is C12H14BrN3. The maximum atomic E-state index is 4.43. The van der Waals surface area contributed by atoms with Gasteiger partial charge in [-0.2, -0.15) is 0 Å². The molecule has 3 nitrogen and oxygen atoms in total. The fourth-order valence-electron chi connectivity index (χ4n) is 1.59. The Morgan fingerprint density at radius 3 is 2.81 bits per heavy atom. The second-order valence-corrected chi connectivity index (χ2v) is 4.18. The number of pyridine rings is 1. The van der Waals surface area contributed by atoms with E-state index in [9.17, 15) is 0 Å². The molecule has 16 heavy (non-hydrogen) atoms. The summed E-state index contributed by atoms with van der Waals surface area (Å²) < 4.78 is 2.04. The summed E-state index contributed by atoms with van der Waals surface area (Å²) in [7, 11) is 0. The van der Waals surface area contributed by atoms with Crippen LogP contribution in [0.5, 0.6) is 0 Å². The Morgan fingerprint density at radius 1 is 1.31 bits per heavy atom. The van der Waals surface area contributed by atoms with Crippen molar-refractivity contribution in [2.45, 2.75) is 25.1 Å². The van der Waals surface area contributed by atoms with Gasteiger partial charge in [-0.05, 0) is 18.1 Å².